The normalized spacial score (nSPS) is 35.6. The first kappa shape index (κ1) is 11.0. The van der Waals surface area contributed by atoms with Gasteiger partial charge in [0.25, 0.3) is 0 Å². The van der Waals surface area contributed by atoms with Crippen molar-refractivity contribution in [2.45, 2.75) is 37.5 Å². The Kier molecular flexibility index (Phi) is 3.16. The van der Waals surface area contributed by atoms with Gasteiger partial charge in [-0.25, -0.2) is 0 Å². The van der Waals surface area contributed by atoms with Gasteiger partial charge in [-0.15, -0.1) is 0 Å². The predicted molar refractivity (Wildman–Crippen MR) is 59.3 cm³/mol. The molecular formula is C12H21NO3. The zero-order valence-electron chi connectivity index (χ0n) is 9.82. The third-order valence-electron chi connectivity index (χ3n) is 3.91. The van der Waals surface area contributed by atoms with Gasteiger partial charge in [0, 0.05) is 19.1 Å². The Morgan fingerprint density at radius 1 is 1.06 bits per heavy atom. The van der Waals surface area contributed by atoms with Crippen LogP contribution in [-0.4, -0.2) is 56.2 Å². The van der Waals surface area contributed by atoms with E-state index in [9.17, 15) is 0 Å². The van der Waals surface area contributed by atoms with Gasteiger partial charge in [0.05, 0.1) is 26.4 Å². The van der Waals surface area contributed by atoms with Gasteiger partial charge in [0.2, 0.25) is 0 Å². The van der Waals surface area contributed by atoms with Gasteiger partial charge in [-0.05, 0) is 25.8 Å². The van der Waals surface area contributed by atoms with Crippen LogP contribution in [0.15, 0.2) is 0 Å². The fourth-order valence-corrected chi connectivity index (χ4v) is 3.08. The zero-order chi connectivity index (χ0) is 10.8. The molecule has 0 radical (unpaired) electrons. The summed E-state index contributed by atoms with van der Waals surface area (Å²) in [5, 5.41) is 0. The predicted octanol–water partition coefficient (Wildman–Crippen LogP) is 1.00. The summed E-state index contributed by atoms with van der Waals surface area (Å²) in [4.78, 5) is 2.51. The second kappa shape index (κ2) is 4.61. The molecule has 0 bridgehead atoms. The molecule has 0 aromatic heterocycles. The molecule has 92 valence electrons. The number of ether oxygens (including phenoxy) is 3. The summed E-state index contributed by atoms with van der Waals surface area (Å²) >= 11 is 0. The maximum Gasteiger partial charge on any atom is 0.181 e. The highest BCUT2D eigenvalue weighted by molar-refractivity contribution is 4.87. The van der Waals surface area contributed by atoms with E-state index in [1.165, 1.54) is 25.8 Å². The maximum atomic E-state index is 5.80. The number of hydrogen-bond acceptors (Lipinski definition) is 4. The average molecular weight is 227 g/mol. The Hall–Kier alpha value is -0.160. The van der Waals surface area contributed by atoms with Gasteiger partial charge in [-0.2, -0.15) is 0 Å². The van der Waals surface area contributed by atoms with Crippen molar-refractivity contribution in [3.63, 3.8) is 0 Å². The SMILES string of the molecule is C1COCC(N2CCCC3(C2)OCCO3)C1. The monoisotopic (exact) mass is 227 g/mol. The van der Waals surface area contributed by atoms with Gasteiger partial charge in [-0.1, -0.05) is 0 Å². The molecule has 3 saturated heterocycles. The molecule has 0 saturated carbocycles. The number of likely N-dealkylation sites (tertiary alicyclic amines) is 1. The number of nitrogens with zero attached hydrogens (tertiary/aromatic N) is 1. The minimum absolute atomic E-state index is 0.282. The van der Waals surface area contributed by atoms with Crippen LogP contribution in [0.5, 0.6) is 0 Å². The average Bonchev–Trinajstić information content (AvgIpc) is 2.78. The van der Waals surface area contributed by atoms with Crippen molar-refractivity contribution in [3.8, 4) is 0 Å². The number of rotatable bonds is 1. The lowest BCUT2D eigenvalue weighted by Crippen LogP contribution is -2.54. The highest BCUT2D eigenvalue weighted by Gasteiger charge is 2.42. The summed E-state index contributed by atoms with van der Waals surface area (Å²) < 4.78 is 17.2. The molecule has 1 unspecified atom stereocenters. The second-order valence-electron chi connectivity index (χ2n) is 5.05. The molecule has 16 heavy (non-hydrogen) atoms. The van der Waals surface area contributed by atoms with Crippen LogP contribution in [0.1, 0.15) is 25.7 Å². The molecule has 0 N–H and O–H groups in total. The summed E-state index contributed by atoms with van der Waals surface area (Å²) in [6.07, 6.45) is 4.68. The van der Waals surface area contributed by atoms with E-state index in [1.807, 2.05) is 0 Å². The van der Waals surface area contributed by atoms with E-state index in [-0.39, 0.29) is 5.79 Å². The molecule has 4 heteroatoms. The van der Waals surface area contributed by atoms with Crippen molar-refractivity contribution < 1.29 is 14.2 Å². The van der Waals surface area contributed by atoms with Crippen LogP contribution in [0.4, 0.5) is 0 Å². The van der Waals surface area contributed by atoms with Crippen LogP contribution in [0, 0.1) is 0 Å². The van der Waals surface area contributed by atoms with Gasteiger partial charge >= 0.3 is 0 Å². The van der Waals surface area contributed by atoms with E-state index < -0.39 is 0 Å². The quantitative estimate of drug-likeness (QED) is 0.669. The Morgan fingerprint density at radius 3 is 2.69 bits per heavy atom. The summed E-state index contributed by atoms with van der Waals surface area (Å²) in [6.45, 7) is 5.44. The van der Waals surface area contributed by atoms with E-state index in [1.54, 1.807) is 0 Å². The van der Waals surface area contributed by atoms with Crippen LogP contribution in [0.3, 0.4) is 0 Å². The number of hydrogen-bond donors (Lipinski definition) is 0. The molecule has 3 fully saturated rings. The van der Waals surface area contributed by atoms with Crippen molar-refractivity contribution in [1.29, 1.82) is 0 Å². The van der Waals surface area contributed by atoms with Gasteiger partial charge in [-0.3, -0.25) is 4.90 Å². The van der Waals surface area contributed by atoms with Crippen LogP contribution in [0.2, 0.25) is 0 Å². The Labute approximate surface area is 96.8 Å². The van der Waals surface area contributed by atoms with E-state index in [0.717, 1.165) is 39.4 Å². The first-order valence-electron chi connectivity index (χ1n) is 6.48. The molecule has 3 heterocycles. The fraction of sp³-hybridized carbons (Fsp3) is 1.00. The highest BCUT2D eigenvalue weighted by atomic mass is 16.7. The molecular weight excluding hydrogens is 206 g/mol. The van der Waals surface area contributed by atoms with Gasteiger partial charge in [0.15, 0.2) is 5.79 Å². The lowest BCUT2D eigenvalue weighted by molar-refractivity contribution is -0.197. The third-order valence-corrected chi connectivity index (χ3v) is 3.91. The Balaban J connectivity index is 1.62. The Morgan fingerprint density at radius 2 is 1.94 bits per heavy atom. The zero-order valence-corrected chi connectivity index (χ0v) is 9.82. The largest absolute Gasteiger partial charge is 0.380 e. The molecule has 1 spiro atoms. The van der Waals surface area contributed by atoms with Crippen molar-refractivity contribution in [2.75, 3.05) is 39.5 Å². The van der Waals surface area contributed by atoms with E-state index in [4.69, 9.17) is 14.2 Å². The number of piperidine rings is 1. The molecule has 0 amide bonds. The lowest BCUT2D eigenvalue weighted by Gasteiger charge is -2.43. The third kappa shape index (κ3) is 2.12. The molecule has 1 atom stereocenters. The summed E-state index contributed by atoms with van der Waals surface area (Å²) in [5.41, 5.74) is 0. The maximum absolute atomic E-state index is 5.80. The fourth-order valence-electron chi connectivity index (χ4n) is 3.08. The molecule has 3 aliphatic heterocycles. The molecule has 4 nitrogen and oxygen atoms in total. The van der Waals surface area contributed by atoms with Crippen molar-refractivity contribution in [2.24, 2.45) is 0 Å². The van der Waals surface area contributed by atoms with Crippen molar-refractivity contribution in [3.05, 3.63) is 0 Å². The topological polar surface area (TPSA) is 30.9 Å². The van der Waals surface area contributed by atoms with Crippen LogP contribution >= 0.6 is 0 Å². The van der Waals surface area contributed by atoms with Crippen molar-refractivity contribution in [1.82, 2.24) is 4.90 Å². The first-order chi connectivity index (χ1) is 7.88. The van der Waals surface area contributed by atoms with Crippen LogP contribution in [0.25, 0.3) is 0 Å². The summed E-state index contributed by atoms with van der Waals surface area (Å²) in [6, 6.07) is 0.582. The molecule has 0 aromatic rings. The smallest absolute Gasteiger partial charge is 0.181 e. The highest BCUT2D eigenvalue weighted by Crippen LogP contribution is 2.32. The first-order valence-corrected chi connectivity index (χ1v) is 6.48. The van der Waals surface area contributed by atoms with Gasteiger partial charge in [0.1, 0.15) is 0 Å². The minimum atomic E-state index is -0.282. The second-order valence-corrected chi connectivity index (χ2v) is 5.05. The van der Waals surface area contributed by atoms with E-state index >= 15 is 0 Å². The molecule has 3 rings (SSSR count). The standard InChI is InChI=1S/C12H21NO3/c1-3-11(9-14-6-1)13-5-2-4-12(10-13)15-7-8-16-12/h11H,1-10H2. The summed E-state index contributed by atoms with van der Waals surface area (Å²) in [7, 11) is 0. The van der Waals surface area contributed by atoms with E-state index in [0.29, 0.717) is 6.04 Å². The molecule has 0 aromatic carbocycles. The summed E-state index contributed by atoms with van der Waals surface area (Å²) in [5.74, 6) is -0.282. The van der Waals surface area contributed by atoms with Crippen molar-refractivity contribution >= 4 is 0 Å². The van der Waals surface area contributed by atoms with E-state index in [2.05, 4.69) is 4.90 Å². The minimum Gasteiger partial charge on any atom is -0.380 e. The lowest BCUT2D eigenvalue weighted by atomic mass is 10.00. The Bertz CT molecular complexity index is 234. The molecule has 0 aliphatic carbocycles. The van der Waals surface area contributed by atoms with Gasteiger partial charge < -0.3 is 14.2 Å². The molecule has 3 aliphatic rings. The van der Waals surface area contributed by atoms with Crippen LogP contribution < -0.4 is 0 Å². The van der Waals surface area contributed by atoms with Crippen LogP contribution in [-0.2, 0) is 14.2 Å².